The van der Waals surface area contributed by atoms with Gasteiger partial charge in [0.25, 0.3) is 0 Å². The summed E-state index contributed by atoms with van der Waals surface area (Å²) in [7, 11) is 0. The van der Waals surface area contributed by atoms with E-state index >= 15 is 0 Å². The first kappa shape index (κ1) is 21.9. The van der Waals surface area contributed by atoms with Crippen LogP contribution in [0.1, 0.15) is 29.9 Å². The quantitative estimate of drug-likeness (QED) is 0.399. The lowest BCUT2D eigenvalue weighted by molar-refractivity contribution is -0.386. The van der Waals surface area contributed by atoms with Crippen molar-refractivity contribution in [3.05, 3.63) is 66.8 Å². The predicted molar refractivity (Wildman–Crippen MR) is 112 cm³/mol. The molecule has 1 amide bonds. The first-order valence-electron chi connectivity index (χ1n) is 8.77. The van der Waals surface area contributed by atoms with Crippen molar-refractivity contribution in [3.63, 3.8) is 0 Å². The lowest BCUT2D eigenvalue weighted by Crippen LogP contribution is -2.25. The number of amides is 1. The molecular weight excluding hydrogens is 483 g/mol. The second-order valence-electron chi connectivity index (χ2n) is 6.61. The number of nitrogens with zero attached hydrogens (tertiary/aromatic N) is 5. The first-order chi connectivity index (χ1) is 14.1. The standard InChI is InChI=1S/C18H17BrClFN6O3/c1-9-16(27(29)30)10(2)26(23-9)11(3)18(28)22-17-13(19)8-25(24-17)7-12-14(20)5-4-6-15(12)21/h4-6,8,11H,7H2,1-3H3,(H,22,24,28). The maximum absolute atomic E-state index is 14.0. The highest BCUT2D eigenvalue weighted by Gasteiger charge is 2.27. The molecule has 0 saturated heterocycles. The second-order valence-corrected chi connectivity index (χ2v) is 7.87. The van der Waals surface area contributed by atoms with Gasteiger partial charge in [0.2, 0.25) is 5.91 Å². The molecule has 0 fully saturated rings. The van der Waals surface area contributed by atoms with E-state index in [-0.39, 0.29) is 40.0 Å². The average molecular weight is 500 g/mol. The Morgan fingerprint density at radius 2 is 2.10 bits per heavy atom. The molecule has 30 heavy (non-hydrogen) atoms. The fourth-order valence-corrected chi connectivity index (χ4v) is 3.67. The van der Waals surface area contributed by atoms with E-state index in [0.717, 1.165) is 0 Å². The fraction of sp³-hybridized carbons (Fsp3) is 0.278. The van der Waals surface area contributed by atoms with Crippen LogP contribution in [0.2, 0.25) is 5.02 Å². The highest BCUT2D eigenvalue weighted by atomic mass is 79.9. The summed E-state index contributed by atoms with van der Waals surface area (Å²) in [6.45, 7) is 4.69. The third-order valence-corrected chi connectivity index (χ3v) is 5.49. The number of nitrogens with one attached hydrogen (secondary N) is 1. The Morgan fingerprint density at radius 1 is 1.40 bits per heavy atom. The molecular formula is C18H17BrClFN6O3. The molecule has 158 valence electrons. The molecule has 0 spiro atoms. The van der Waals surface area contributed by atoms with E-state index in [4.69, 9.17) is 11.6 Å². The Hall–Kier alpha value is -2.79. The highest BCUT2D eigenvalue weighted by molar-refractivity contribution is 9.10. The van der Waals surface area contributed by atoms with Gasteiger partial charge in [-0.25, -0.2) is 4.39 Å². The molecule has 9 nitrogen and oxygen atoms in total. The number of nitro groups is 1. The minimum atomic E-state index is -0.824. The van der Waals surface area contributed by atoms with E-state index in [2.05, 4.69) is 31.4 Å². The molecule has 0 aliphatic carbocycles. The van der Waals surface area contributed by atoms with Crippen LogP contribution >= 0.6 is 27.5 Å². The molecule has 3 aromatic rings. The molecule has 1 unspecified atom stereocenters. The summed E-state index contributed by atoms with van der Waals surface area (Å²) in [5.41, 5.74) is 0.653. The normalized spacial score (nSPS) is 12.1. The Balaban J connectivity index is 1.79. The molecule has 3 rings (SSSR count). The van der Waals surface area contributed by atoms with Crippen LogP contribution in [0, 0.1) is 29.8 Å². The number of anilines is 1. The highest BCUT2D eigenvalue weighted by Crippen LogP contribution is 2.27. The van der Waals surface area contributed by atoms with Gasteiger partial charge in [0.1, 0.15) is 23.2 Å². The van der Waals surface area contributed by atoms with Crippen molar-refractivity contribution in [1.29, 1.82) is 0 Å². The lowest BCUT2D eigenvalue weighted by Gasteiger charge is -2.13. The van der Waals surface area contributed by atoms with Gasteiger partial charge in [-0.2, -0.15) is 10.2 Å². The number of aromatic nitrogens is 4. The van der Waals surface area contributed by atoms with Crippen LogP contribution in [0.3, 0.4) is 0 Å². The SMILES string of the molecule is Cc1nn(C(C)C(=O)Nc2nn(Cc3c(F)cccc3Cl)cc2Br)c(C)c1[N+](=O)[O-]. The zero-order valence-electron chi connectivity index (χ0n) is 16.2. The van der Waals surface area contributed by atoms with E-state index in [1.54, 1.807) is 19.2 Å². The smallest absolute Gasteiger partial charge is 0.306 e. The van der Waals surface area contributed by atoms with Gasteiger partial charge in [0, 0.05) is 16.8 Å². The molecule has 0 bridgehead atoms. The zero-order valence-corrected chi connectivity index (χ0v) is 18.5. The van der Waals surface area contributed by atoms with Crippen LogP contribution in [0.5, 0.6) is 0 Å². The summed E-state index contributed by atoms with van der Waals surface area (Å²) >= 11 is 9.37. The molecule has 0 aliphatic heterocycles. The fourth-order valence-electron chi connectivity index (χ4n) is 3.04. The number of benzene rings is 1. The zero-order chi connectivity index (χ0) is 22.2. The number of carbonyl (C=O) groups excluding carboxylic acids is 1. The van der Waals surface area contributed by atoms with Crippen LogP contribution < -0.4 is 5.32 Å². The summed E-state index contributed by atoms with van der Waals surface area (Å²) in [5, 5.41) is 22.5. The van der Waals surface area contributed by atoms with Crippen molar-refractivity contribution >= 4 is 44.9 Å². The van der Waals surface area contributed by atoms with Crippen molar-refractivity contribution in [2.24, 2.45) is 0 Å². The van der Waals surface area contributed by atoms with Crippen LogP contribution in [-0.4, -0.2) is 30.4 Å². The molecule has 1 aromatic carbocycles. The second kappa shape index (κ2) is 8.52. The van der Waals surface area contributed by atoms with Crippen molar-refractivity contribution in [1.82, 2.24) is 19.6 Å². The first-order valence-corrected chi connectivity index (χ1v) is 9.94. The molecule has 2 heterocycles. The molecule has 0 radical (unpaired) electrons. The van der Waals surface area contributed by atoms with Crippen molar-refractivity contribution in [3.8, 4) is 0 Å². The van der Waals surface area contributed by atoms with Crippen molar-refractivity contribution < 1.29 is 14.1 Å². The number of carbonyl (C=O) groups is 1. The van der Waals surface area contributed by atoms with E-state index in [0.29, 0.717) is 4.47 Å². The van der Waals surface area contributed by atoms with Crippen LogP contribution in [0.4, 0.5) is 15.9 Å². The largest absolute Gasteiger partial charge is 0.312 e. The van der Waals surface area contributed by atoms with Gasteiger partial charge >= 0.3 is 5.69 Å². The summed E-state index contributed by atoms with van der Waals surface area (Å²) in [6.07, 6.45) is 1.58. The van der Waals surface area contributed by atoms with Crippen LogP contribution in [0.15, 0.2) is 28.9 Å². The Kier molecular flexibility index (Phi) is 6.22. The number of hydrogen-bond acceptors (Lipinski definition) is 5. The monoisotopic (exact) mass is 498 g/mol. The van der Waals surface area contributed by atoms with Crippen LogP contribution in [-0.2, 0) is 11.3 Å². The molecule has 1 N–H and O–H groups in total. The van der Waals surface area contributed by atoms with E-state index in [1.807, 2.05) is 0 Å². The molecule has 12 heteroatoms. The number of hydrogen-bond donors (Lipinski definition) is 1. The minimum absolute atomic E-state index is 0.0686. The number of halogens is 3. The van der Waals surface area contributed by atoms with E-state index in [1.165, 1.54) is 35.3 Å². The predicted octanol–water partition coefficient (Wildman–Crippen LogP) is 4.41. The van der Waals surface area contributed by atoms with Gasteiger partial charge in [-0.3, -0.25) is 24.3 Å². The minimum Gasteiger partial charge on any atom is -0.306 e. The van der Waals surface area contributed by atoms with Crippen molar-refractivity contribution in [2.75, 3.05) is 5.32 Å². The van der Waals surface area contributed by atoms with Crippen LogP contribution in [0.25, 0.3) is 0 Å². The molecule has 2 aromatic heterocycles. The van der Waals surface area contributed by atoms with Gasteiger partial charge in [0.05, 0.1) is 15.9 Å². The van der Waals surface area contributed by atoms with E-state index in [9.17, 15) is 19.3 Å². The molecule has 0 aliphatic rings. The maximum atomic E-state index is 14.0. The van der Waals surface area contributed by atoms with Gasteiger partial charge in [-0.05, 0) is 48.8 Å². The Bertz CT molecular complexity index is 1130. The average Bonchev–Trinajstić information content (AvgIpc) is 3.16. The Labute approximate surface area is 184 Å². The third kappa shape index (κ3) is 4.21. The van der Waals surface area contributed by atoms with Gasteiger partial charge in [-0.1, -0.05) is 17.7 Å². The molecule has 1 atom stereocenters. The third-order valence-electron chi connectivity index (χ3n) is 4.56. The Morgan fingerprint density at radius 3 is 2.70 bits per heavy atom. The summed E-state index contributed by atoms with van der Waals surface area (Å²) < 4.78 is 17.2. The van der Waals surface area contributed by atoms with Gasteiger partial charge < -0.3 is 5.32 Å². The number of aryl methyl sites for hydroxylation is 1. The van der Waals surface area contributed by atoms with E-state index < -0.39 is 22.7 Å². The lowest BCUT2D eigenvalue weighted by atomic mass is 10.2. The van der Waals surface area contributed by atoms with Crippen molar-refractivity contribution in [2.45, 2.75) is 33.4 Å². The molecule has 0 saturated carbocycles. The summed E-state index contributed by atoms with van der Waals surface area (Å²) in [5.74, 6) is -0.708. The summed E-state index contributed by atoms with van der Waals surface area (Å²) in [6, 6.07) is 3.57. The summed E-state index contributed by atoms with van der Waals surface area (Å²) in [4.78, 5) is 23.3. The van der Waals surface area contributed by atoms with Gasteiger partial charge in [-0.15, -0.1) is 0 Å². The maximum Gasteiger partial charge on any atom is 0.312 e. The topological polar surface area (TPSA) is 108 Å². The van der Waals surface area contributed by atoms with Gasteiger partial charge in [0.15, 0.2) is 5.82 Å². The number of rotatable bonds is 6.